The molecule has 10 heavy (non-hydrogen) atoms. The quantitative estimate of drug-likeness (QED) is 0.337. The number of hydrogen-bond acceptors (Lipinski definition) is 5. The minimum atomic E-state index is -0.742. The number of nitroso groups, excluding NO2 is 1. The molecular weight excluding hydrogens is 140 g/mol. The highest BCUT2D eigenvalue weighted by Crippen LogP contribution is 2.07. The molecule has 52 valence electrons. The van der Waals surface area contributed by atoms with Gasteiger partial charge in [-0.15, -0.1) is 4.91 Å². The molecule has 0 aliphatic heterocycles. The molecule has 0 radical (unpaired) electrons. The molecule has 0 N–H and O–H groups in total. The van der Waals surface area contributed by atoms with E-state index in [-0.39, 0.29) is 0 Å². The Morgan fingerprint density at radius 1 is 1.80 bits per heavy atom. The highest BCUT2D eigenvalue weighted by molar-refractivity contribution is 5.13. The van der Waals surface area contributed by atoms with Crippen LogP contribution in [0.2, 0.25) is 0 Å². The largest absolute Gasteiger partial charge is 0.370 e. The fourth-order valence-corrected chi connectivity index (χ4v) is 0.475. The molecule has 1 rings (SSSR count). The second kappa shape index (κ2) is 2.21. The van der Waals surface area contributed by atoms with Crippen molar-refractivity contribution < 1.29 is 4.92 Å². The first-order valence-corrected chi connectivity index (χ1v) is 2.26. The molecular formula is C3H2N4O3. The molecule has 7 heteroatoms. The highest BCUT2D eigenvalue weighted by Gasteiger charge is 2.12. The van der Waals surface area contributed by atoms with Gasteiger partial charge in [0.25, 0.3) is 0 Å². The van der Waals surface area contributed by atoms with E-state index in [0.717, 1.165) is 12.5 Å². The van der Waals surface area contributed by atoms with Gasteiger partial charge in [-0.3, -0.25) is 0 Å². The van der Waals surface area contributed by atoms with Crippen molar-refractivity contribution in [2.24, 2.45) is 5.29 Å². The summed E-state index contributed by atoms with van der Waals surface area (Å²) in [7, 11) is 0. The molecule has 0 atom stereocenters. The summed E-state index contributed by atoms with van der Waals surface area (Å²) in [5, 5.41) is 12.3. The molecule has 0 saturated heterocycles. The standard InChI is InChI=1S/C3H2N4O3/c8-5-6-2-4-1-3(6)7(9)10/h1-2H. The summed E-state index contributed by atoms with van der Waals surface area (Å²) in [4.78, 5) is 22.3. The predicted molar refractivity (Wildman–Crippen MR) is 30.1 cm³/mol. The zero-order chi connectivity index (χ0) is 7.56. The first-order chi connectivity index (χ1) is 4.75. The fraction of sp³-hybridized carbons (Fsp3) is 0. The van der Waals surface area contributed by atoms with Crippen molar-refractivity contribution in [2.45, 2.75) is 0 Å². The van der Waals surface area contributed by atoms with Gasteiger partial charge < -0.3 is 10.1 Å². The van der Waals surface area contributed by atoms with Gasteiger partial charge in [-0.2, -0.15) is 0 Å². The number of rotatable bonds is 2. The van der Waals surface area contributed by atoms with E-state index in [9.17, 15) is 15.0 Å². The van der Waals surface area contributed by atoms with E-state index in [1.165, 1.54) is 0 Å². The highest BCUT2D eigenvalue weighted by atomic mass is 16.6. The lowest BCUT2D eigenvalue weighted by Crippen LogP contribution is -1.93. The number of aromatic nitrogens is 2. The molecule has 0 spiro atoms. The van der Waals surface area contributed by atoms with Crippen LogP contribution < -0.4 is 0 Å². The Labute approximate surface area is 54.4 Å². The third-order valence-corrected chi connectivity index (χ3v) is 0.876. The first kappa shape index (κ1) is 6.33. The van der Waals surface area contributed by atoms with E-state index in [4.69, 9.17) is 0 Å². The SMILES string of the molecule is O=Nn1cncc1[N+](=O)[O-]. The first-order valence-electron chi connectivity index (χ1n) is 2.26. The molecule has 1 heterocycles. The summed E-state index contributed by atoms with van der Waals surface area (Å²) in [6, 6.07) is 0. The lowest BCUT2D eigenvalue weighted by molar-refractivity contribution is -0.391. The Hall–Kier alpha value is -1.79. The smallest absolute Gasteiger partial charge is 0.358 e. The van der Waals surface area contributed by atoms with Crippen LogP contribution in [0.4, 0.5) is 5.82 Å². The minimum absolute atomic E-state index is 0.435. The van der Waals surface area contributed by atoms with Gasteiger partial charge in [0.05, 0.1) is 0 Å². The van der Waals surface area contributed by atoms with Gasteiger partial charge in [0, 0.05) is 0 Å². The van der Waals surface area contributed by atoms with Gasteiger partial charge in [-0.25, -0.2) is 4.98 Å². The van der Waals surface area contributed by atoms with Gasteiger partial charge >= 0.3 is 5.82 Å². The summed E-state index contributed by atoms with van der Waals surface area (Å²) >= 11 is 0. The Balaban J connectivity index is 3.13. The molecule has 0 aliphatic carbocycles. The lowest BCUT2D eigenvalue weighted by Gasteiger charge is -1.86. The van der Waals surface area contributed by atoms with Gasteiger partial charge in [0.2, 0.25) is 6.33 Å². The van der Waals surface area contributed by atoms with Crippen molar-refractivity contribution in [2.75, 3.05) is 0 Å². The maximum absolute atomic E-state index is 9.99. The molecule has 0 bridgehead atoms. The molecule has 7 nitrogen and oxygen atoms in total. The van der Waals surface area contributed by atoms with E-state index in [1.807, 2.05) is 0 Å². The molecule has 0 aromatic carbocycles. The Morgan fingerprint density at radius 3 is 2.90 bits per heavy atom. The third kappa shape index (κ3) is 0.835. The Bertz CT molecular complexity index is 266. The van der Waals surface area contributed by atoms with Crippen molar-refractivity contribution in [1.82, 2.24) is 9.66 Å². The zero-order valence-electron chi connectivity index (χ0n) is 4.67. The van der Waals surface area contributed by atoms with Gasteiger partial charge in [0.15, 0.2) is 5.29 Å². The number of nitrogens with zero attached hydrogens (tertiary/aromatic N) is 4. The van der Waals surface area contributed by atoms with E-state index in [0.29, 0.717) is 4.68 Å². The van der Waals surface area contributed by atoms with Gasteiger partial charge in [-0.05, 0) is 9.60 Å². The van der Waals surface area contributed by atoms with Crippen LogP contribution in [0.15, 0.2) is 17.8 Å². The van der Waals surface area contributed by atoms with Crippen LogP contribution in [0, 0.1) is 15.0 Å². The van der Waals surface area contributed by atoms with E-state index in [1.54, 1.807) is 0 Å². The monoisotopic (exact) mass is 142 g/mol. The molecule has 1 aromatic rings. The third-order valence-electron chi connectivity index (χ3n) is 0.876. The van der Waals surface area contributed by atoms with Gasteiger partial charge in [-0.1, -0.05) is 0 Å². The van der Waals surface area contributed by atoms with Crippen LogP contribution in [-0.4, -0.2) is 14.6 Å². The van der Waals surface area contributed by atoms with Crippen molar-refractivity contribution in [1.29, 1.82) is 0 Å². The lowest BCUT2D eigenvalue weighted by atomic mass is 10.8. The maximum Gasteiger partial charge on any atom is 0.370 e. The van der Waals surface area contributed by atoms with Crippen molar-refractivity contribution in [3.8, 4) is 0 Å². The van der Waals surface area contributed by atoms with Crippen LogP contribution in [-0.2, 0) is 0 Å². The van der Waals surface area contributed by atoms with Crippen LogP contribution in [0.25, 0.3) is 0 Å². The average Bonchev–Trinajstić information content (AvgIpc) is 2.33. The summed E-state index contributed by atoms with van der Waals surface area (Å²) < 4.78 is 0.542. The van der Waals surface area contributed by atoms with E-state index < -0.39 is 10.7 Å². The predicted octanol–water partition coefficient (Wildman–Crippen LogP) is 0.321. The zero-order valence-corrected chi connectivity index (χ0v) is 4.67. The van der Waals surface area contributed by atoms with E-state index >= 15 is 0 Å². The normalized spacial score (nSPS) is 9.20. The second-order valence-electron chi connectivity index (χ2n) is 1.44. The topological polar surface area (TPSA) is 90.4 Å². The Morgan fingerprint density at radius 2 is 2.50 bits per heavy atom. The van der Waals surface area contributed by atoms with Crippen LogP contribution in [0.1, 0.15) is 0 Å². The minimum Gasteiger partial charge on any atom is -0.358 e. The molecule has 0 amide bonds. The average molecular weight is 142 g/mol. The number of imidazole rings is 1. The van der Waals surface area contributed by atoms with Crippen LogP contribution >= 0.6 is 0 Å². The van der Waals surface area contributed by atoms with E-state index in [2.05, 4.69) is 10.3 Å². The summed E-state index contributed by atoms with van der Waals surface area (Å²) in [5.41, 5.74) is 0. The summed E-state index contributed by atoms with van der Waals surface area (Å²) in [6.07, 6.45) is 1.91. The molecule has 0 saturated carbocycles. The van der Waals surface area contributed by atoms with Crippen LogP contribution in [0.3, 0.4) is 0 Å². The van der Waals surface area contributed by atoms with Crippen molar-refractivity contribution >= 4 is 5.82 Å². The molecule has 0 aliphatic rings. The fourth-order valence-electron chi connectivity index (χ4n) is 0.475. The maximum atomic E-state index is 9.99. The summed E-state index contributed by atoms with van der Waals surface area (Å²) in [6.45, 7) is 0. The number of hydrogen-bond donors (Lipinski definition) is 0. The van der Waals surface area contributed by atoms with Crippen molar-refractivity contribution in [3.63, 3.8) is 0 Å². The molecule has 1 aromatic heterocycles. The van der Waals surface area contributed by atoms with Crippen LogP contribution in [0.5, 0.6) is 0 Å². The summed E-state index contributed by atoms with van der Waals surface area (Å²) in [5.74, 6) is -0.435. The molecule has 0 fully saturated rings. The number of nitro groups is 1. The second-order valence-corrected chi connectivity index (χ2v) is 1.44. The molecule has 0 unspecified atom stereocenters. The van der Waals surface area contributed by atoms with Gasteiger partial charge in [0.1, 0.15) is 6.20 Å². The van der Waals surface area contributed by atoms with Crippen molar-refractivity contribution in [3.05, 3.63) is 27.5 Å². The Kier molecular flexibility index (Phi) is 1.40.